The van der Waals surface area contributed by atoms with Crippen LogP contribution in [0.1, 0.15) is 25.4 Å². The molecule has 4 nitrogen and oxygen atoms in total. The van der Waals surface area contributed by atoms with Gasteiger partial charge in [0.1, 0.15) is 17.3 Å². The first-order chi connectivity index (χ1) is 8.03. The zero-order valence-corrected chi connectivity index (χ0v) is 10.6. The Hall–Kier alpha value is -1.68. The van der Waals surface area contributed by atoms with Gasteiger partial charge in [0, 0.05) is 6.20 Å². The molecule has 0 bridgehead atoms. The van der Waals surface area contributed by atoms with E-state index in [-0.39, 0.29) is 5.54 Å². The Bertz CT molecular complexity index is 517. The van der Waals surface area contributed by atoms with E-state index in [1.54, 1.807) is 6.20 Å². The third kappa shape index (κ3) is 2.36. The highest BCUT2D eigenvalue weighted by Crippen LogP contribution is 2.22. The van der Waals surface area contributed by atoms with Crippen molar-refractivity contribution in [2.75, 3.05) is 7.05 Å². The molecule has 4 heteroatoms. The fourth-order valence-corrected chi connectivity index (χ4v) is 1.48. The quantitative estimate of drug-likeness (QED) is 0.881. The predicted molar refractivity (Wildman–Crippen MR) is 66.6 cm³/mol. The Morgan fingerprint density at radius 1 is 1.24 bits per heavy atom. The van der Waals surface area contributed by atoms with Gasteiger partial charge in [-0.25, -0.2) is 9.97 Å². The van der Waals surface area contributed by atoms with Crippen LogP contribution in [0.15, 0.2) is 28.8 Å². The molecule has 0 radical (unpaired) electrons. The van der Waals surface area contributed by atoms with Crippen LogP contribution in [0.5, 0.6) is 0 Å². The van der Waals surface area contributed by atoms with Crippen LogP contribution in [0, 0.1) is 6.92 Å². The zero-order valence-electron chi connectivity index (χ0n) is 10.6. The van der Waals surface area contributed by atoms with Crippen LogP contribution in [0.4, 0.5) is 0 Å². The van der Waals surface area contributed by atoms with Gasteiger partial charge in [0.25, 0.3) is 0 Å². The first-order valence-electron chi connectivity index (χ1n) is 5.62. The summed E-state index contributed by atoms with van der Waals surface area (Å²) in [6.07, 6.45) is 1.76. The molecule has 0 saturated carbocycles. The number of furan rings is 1. The number of hydrogen-bond acceptors (Lipinski definition) is 4. The summed E-state index contributed by atoms with van der Waals surface area (Å²) in [5.74, 6) is 2.41. The second kappa shape index (κ2) is 4.30. The van der Waals surface area contributed by atoms with Crippen LogP contribution in [-0.4, -0.2) is 17.0 Å². The Kier molecular flexibility index (Phi) is 2.98. The SMILES string of the molecule is CNC(C)(C)c1nccc(-c2ccc(C)o2)n1. The molecule has 0 unspecified atom stereocenters. The third-order valence-corrected chi connectivity index (χ3v) is 2.83. The summed E-state index contributed by atoms with van der Waals surface area (Å²) in [5.41, 5.74) is 0.559. The smallest absolute Gasteiger partial charge is 0.152 e. The lowest BCUT2D eigenvalue weighted by atomic mass is 10.1. The molecule has 0 aliphatic heterocycles. The van der Waals surface area contributed by atoms with Gasteiger partial charge in [0.2, 0.25) is 0 Å². The molecule has 0 aromatic carbocycles. The standard InChI is InChI=1S/C13H17N3O/c1-9-5-6-11(17-9)10-7-8-15-12(16-10)13(2,3)14-4/h5-8,14H,1-4H3. The molecule has 1 N–H and O–H groups in total. The maximum atomic E-state index is 5.56. The van der Waals surface area contributed by atoms with Gasteiger partial charge in [-0.15, -0.1) is 0 Å². The molecule has 2 rings (SSSR count). The molecule has 0 aliphatic carbocycles. The summed E-state index contributed by atoms with van der Waals surface area (Å²) in [4.78, 5) is 8.83. The van der Waals surface area contributed by atoms with E-state index in [0.717, 1.165) is 23.0 Å². The molecule has 0 amide bonds. The van der Waals surface area contributed by atoms with Gasteiger partial charge >= 0.3 is 0 Å². The first-order valence-corrected chi connectivity index (χ1v) is 5.62. The van der Waals surface area contributed by atoms with Crippen molar-refractivity contribution >= 4 is 0 Å². The largest absolute Gasteiger partial charge is 0.460 e. The van der Waals surface area contributed by atoms with Crippen molar-refractivity contribution in [2.45, 2.75) is 26.3 Å². The van der Waals surface area contributed by atoms with Crippen LogP contribution in [-0.2, 0) is 5.54 Å². The number of hydrogen-bond donors (Lipinski definition) is 1. The van der Waals surface area contributed by atoms with E-state index < -0.39 is 0 Å². The van der Waals surface area contributed by atoms with Gasteiger partial charge in [0.15, 0.2) is 5.76 Å². The normalized spacial score (nSPS) is 11.8. The van der Waals surface area contributed by atoms with Crippen molar-refractivity contribution in [3.63, 3.8) is 0 Å². The number of rotatable bonds is 3. The molecule has 0 spiro atoms. The fraction of sp³-hybridized carbons (Fsp3) is 0.385. The van der Waals surface area contributed by atoms with Crippen LogP contribution in [0.3, 0.4) is 0 Å². The van der Waals surface area contributed by atoms with Crippen molar-refractivity contribution < 1.29 is 4.42 Å². The summed E-state index contributed by atoms with van der Waals surface area (Å²) in [7, 11) is 1.90. The maximum Gasteiger partial charge on any atom is 0.152 e. The maximum absolute atomic E-state index is 5.56. The van der Waals surface area contributed by atoms with E-state index in [9.17, 15) is 0 Å². The second-order valence-corrected chi connectivity index (χ2v) is 4.55. The monoisotopic (exact) mass is 231 g/mol. The number of nitrogens with one attached hydrogen (secondary N) is 1. The third-order valence-electron chi connectivity index (χ3n) is 2.83. The van der Waals surface area contributed by atoms with Crippen molar-refractivity contribution in [1.29, 1.82) is 0 Å². The van der Waals surface area contributed by atoms with Gasteiger partial charge < -0.3 is 9.73 Å². The molecule has 0 fully saturated rings. The average Bonchev–Trinajstić information content (AvgIpc) is 2.76. The van der Waals surface area contributed by atoms with E-state index in [4.69, 9.17) is 4.42 Å². The van der Waals surface area contributed by atoms with Gasteiger partial charge in [-0.05, 0) is 46.0 Å². The Morgan fingerprint density at radius 3 is 2.59 bits per heavy atom. The van der Waals surface area contributed by atoms with E-state index in [2.05, 4.69) is 15.3 Å². The highest BCUT2D eigenvalue weighted by Gasteiger charge is 2.21. The minimum atomic E-state index is -0.252. The number of nitrogens with zero attached hydrogens (tertiary/aromatic N) is 2. The molecule has 0 atom stereocenters. The minimum absolute atomic E-state index is 0.252. The number of aromatic nitrogens is 2. The summed E-state index contributed by atoms with van der Waals surface area (Å²) >= 11 is 0. The van der Waals surface area contributed by atoms with Crippen molar-refractivity contribution in [2.24, 2.45) is 0 Å². The molecule has 90 valence electrons. The van der Waals surface area contributed by atoms with E-state index in [1.807, 2.05) is 46.0 Å². The lowest BCUT2D eigenvalue weighted by Gasteiger charge is -2.22. The number of aryl methyl sites for hydroxylation is 1. The lowest BCUT2D eigenvalue weighted by Crippen LogP contribution is -2.35. The molecule has 0 aliphatic rings. The van der Waals surface area contributed by atoms with Crippen LogP contribution in [0.25, 0.3) is 11.5 Å². The van der Waals surface area contributed by atoms with Crippen LogP contribution >= 0.6 is 0 Å². The Morgan fingerprint density at radius 2 is 2.00 bits per heavy atom. The van der Waals surface area contributed by atoms with Gasteiger partial charge in [-0.1, -0.05) is 0 Å². The minimum Gasteiger partial charge on any atom is -0.460 e. The first kappa shape index (κ1) is 11.8. The summed E-state index contributed by atoms with van der Waals surface area (Å²) < 4.78 is 5.56. The highest BCUT2D eigenvalue weighted by molar-refractivity contribution is 5.51. The molecule has 2 aromatic rings. The average molecular weight is 231 g/mol. The zero-order chi connectivity index (χ0) is 12.5. The van der Waals surface area contributed by atoms with Crippen LogP contribution < -0.4 is 5.32 Å². The summed E-state index contributed by atoms with van der Waals surface area (Å²) in [6, 6.07) is 5.71. The van der Waals surface area contributed by atoms with Crippen molar-refractivity contribution in [3.8, 4) is 11.5 Å². The van der Waals surface area contributed by atoms with Crippen LogP contribution in [0.2, 0.25) is 0 Å². The fourth-order valence-electron chi connectivity index (χ4n) is 1.48. The topological polar surface area (TPSA) is 51.0 Å². The molecular formula is C13H17N3O. The molecule has 17 heavy (non-hydrogen) atoms. The van der Waals surface area contributed by atoms with E-state index >= 15 is 0 Å². The molecule has 0 saturated heterocycles. The summed E-state index contributed by atoms with van der Waals surface area (Å²) in [5, 5.41) is 3.19. The van der Waals surface area contributed by atoms with Crippen molar-refractivity contribution in [1.82, 2.24) is 15.3 Å². The highest BCUT2D eigenvalue weighted by atomic mass is 16.3. The molecular weight excluding hydrogens is 214 g/mol. The van der Waals surface area contributed by atoms with Gasteiger partial charge in [-0.3, -0.25) is 0 Å². The Labute approximate surface area is 101 Å². The summed E-state index contributed by atoms with van der Waals surface area (Å²) in [6.45, 7) is 6.00. The van der Waals surface area contributed by atoms with Gasteiger partial charge in [0.05, 0.1) is 5.54 Å². The van der Waals surface area contributed by atoms with E-state index in [1.165, 1.54) is 0 Å². The lowest BCUT2D eigenvalue weighted by molar-refractivity contribution is 0.416. The molecule has 2 heterocycles. The molecule has 2 aromatic heterocycles. The Balaban J connectivity index is 2.42. The van der Waals surface area contributed by atoms with Crippen molar-refractivity contribution in [3.05, 3.63) is 36.0 Å². The predicted octanol–water partition coefficient (Wildman–Crippen LogP) is 2.50. The van der Waals surface area contributed by atoms with Gasteiger partial charge in [-0.2, -0.15) is 0 Å². The second-order valence-electron chi connectivity index (χ2n) is 4.55. The van der Waals surface area contributed by atoms with E-state index in [0.29, 0.717) is 0 Å².